The Morgan fingerprint density at radius 1 is 0.929 bits per heavy atom. The molecule has 148 valence electrons. The van der Waals surface area contributed by atoms with E-state index in [-0.39, 0.29) is 12.6 Å². The molecule has 6 heteroatoms. The molecule has 0 fully saturated rings. The summed E-state index contributed by atoms with van der Waals surface area (Å²) in [5.74, 6) is -1.12. The lowest BCUT2D eigenvalue weighted by Gasteiger charge is -2.13. The molecule has 1 atom stereocenters. The number of carbonyl (C=O) groups excluding carboxylic acids is 3. The number of aryl methyl sites for hydroxylation is 1. The number of ether oxygens (including phenoxy) is 2. The summed E-state index contributed by atoms with van der Waals surface area (Å²) < 4.78 is 9.97. The molecular formula is C22H25NO5. The predicted octanol–water partition coefficient (Wildman–Crippen LogP) is 4.14. The van der Waals surface area contributed by atoms with Crippen LogP contribution in [0.4, 0.5) is 4.79 Å². The van der Waals surface area contributed by atoms with Crippen LogP contribution in [0.3, 0.4) is 0 Å². The fourth-order valence-electron chi connectivity index (χ4n) is 2.53. The summed E-state index contributed by atoms with van der Waals surface area (Å²) in [7, 11) is 0. The topological polar surface area (TPSA) is 81.7 Å². The van der Waals surface area contributed by atoms with Gasteiger partial charge in [-0.1, -0.05) is 43.7 Å². The first kappa shape index (κ1) is 21.2. The smallest absolute Gasteiger partial charge is 0.415 e. The maximum Gasteiger partial charge on any atom is 0.415 e. The molecule has 0 saturated heterocycles. The summed E-state index contributed by atoms with van der Waals surface area (Å²) in [6.45, 7) is 3.98. The average Bonchev–Trinajstić information content (AvgIpc) is 2.69. The van der Waals surface area contributed by atoms with Gasteiger partial charge < -0.3 is 14.8 Å². The van der Waals surface area contributed by atoms with Crippen molar-refractivity contribution in [2.75, 3.05) is 6.61 Å². The standard InChI is InChI=1S/C22H25NO5/c1-3-7-17-10-12-19(13-11-17)20(24)27-15-14-16(2)23-22(26)28-21(25)18-8-5-4-6-9-18/h4-6,8-13,16H,3,7,14-15H2,1-2H3,(H,23,26). The van der Waals surface area contributed by atoms with Crippen LogP contribution < -0.4 is 5.32 Å². The summed E-state index contributed by atoms with van der Waals surface area (Å²) >= 11 is 0. The first-order valence-corrected chi connectivity index (χ1v) is 9.33. The van der Waals surface area contributed by atoms with Crippen molar-refractivity contribution in [1.82, 2.24) is 5.32 Å². The van der Waals surface area contributed by atoms with Crippen molar-refractivity contribution in [3.8, 4) is 0 Å². The van der Waals surface area contributed by atoms with Crippen LogP contribution >= 0.6 is 0 Å². The maximum atomic E-state index is 12.0. The molecule has 2 aromatic rings. The summed E-state index contributed by atoms with van der Waals surface area (Å²) in [4.78, 5) is 35.6. The van der Waals surface area contributed by atoms with E-state index < -0.39 is 18.0 Å². The predicted molar refractivity (Wildman–Crippen MR) is 105 cm³/mol. The fraction of sp³-hybridized carbons (Fsp3) is 0.318. The van der Waals surface area contributed by atoms with Crippen LogP contribution in [0.5, 0.6) is 0 Å². The summed E-state index contributed by atoms with van der Waals surface area (Å²) in [5, 5.41) is 2.54. The van der Waals surface area contributed by atoms with E-state index in [1.54, 1.807) is 49.4 Å². The van der Waals surface area contributed by atoms with Crippen LogP contribution in [0, 0.1) is 0 Å². The molecule has 0 aliphatic rings. The molecule has 1 amide bonds. The Balaban J connectivity index is 1.70. The van der Waals surface area contributed by atoms with Gasteiger partial charge in [-0.05, 0) is 43.2 Å². The minimum absolute atomic E-state index is 0.142. The van der Waals surface area contributed by atoms with E-state index in [1.807, 2.05) is 12.1 Å². The summed E-state index contributed by atoms with van der Waals surface area (Å²) in [5.41, 5.74) is 1.97. The van der Waals surface area contributed by atoms with Crippen LogP contribution in [0.15, 0.2) is 54.6 Å². The van der Waals surface area contributed by atoms with Gasteiger partial charge >= 0.3 is 18.0 Å². The van der Waals surface area contributed by atoms with Crippen molar-refractivity contribution >= 4 is 18.0 Å². The van der Waals surface area contributed by atoms with Gasteiger partial charge in [0.25, 0.3) is 0 Å². The second kappa shape index (κ2) is 10.9. The number of amides is 1. The molecule has 0 aliphatic heterocycles. The molecule has 0 aromatic heterocycles. The lowest BCUT2D eigenvalue weighted by molar-refractivity contribution is 0.0491. The summed E-state index contributed by atoms with van der Waals surface area (Å²) in [6.07, 6.45) is 1.59. The van der Waals surface area contributed by atoms with Gasteiger partial charge in [-0.15, -0.1) is 0 Å². The molecule has 28 heavy (non-hydrogen) atoms. The van der Waals surface area contributed by atoms with Crippen molar-refractivity contribution in [2.45, 2.75) is 39.2 Å². The highest BCUT2D eigenvalue weighted by atomic mass is 16.6. The molecule has 2 rings (SSSR count). The Morgan fingerprint density at radius 2 is 1.57 bits per heavy atom. The Kier molecular flexibility index (Phi) is 8.21. The molecule has 0 heterocycles. The van der Waals surface area contributed by atoms with Crippen molar-refractivity contribution < 1.29 is 23.9 Å². The third-order valence-corrected chi connectivity index (χ3v) is 4.07. The monoisotopic (exact) mass is 383 g/mol. The van der Waals surface area contributed by atoms with E-state index in [0.29, 0.717) is 17.5 Å². The van der Waals surface area contributed by atoms with E-state index in [9.17, 15) is 14.4 Å². The number of rotatable bonds is 8. The molecule has 0 spiro atoms. The van der Waals surface area contributed by atoms with E-state index in [4.69, 9.17) is 9.47 Å². The highest BCUT2D eigenvalue weighted by Gasteiger charge is 2.15. The summed E-state index contributed by atoms with van der Waals surface area (Å²) in [6, 6.07) is 15.3. The van der Waals surface area contributed by atoms with Crippen molar-refractivity contribution in [3.63, 3.8) is 0 Å². The van der Waals surface area contributed by atoms with Gasteiger partial charge in [0.1, 0.15) is 0 Å². The molecule has 6 nitrogen and oxygen atoms in total. The Bertz CT molecular complexity index is 786. The van der Waals surface area contributed by atoms with Crippen molar-refractivity contribution in [3.05, 3.63) is 71.3 Å². The van der Waals surface area contributed by atoms with Gasteiger partial charge in [-0.25, -0.2) is 14.4 Å². The quantitative estimate of drug-likeness (QED) is 0.547. The van der Waals surface area contributed by atoms with Gasteiger partial charge in [0.05, 0.1) is 17.7 Å². The molecular weight excluding hydrogens is 358 g/mol. The van der Waals surface area contributed by atoms with Crippen LogP contribution in [0.2, 0.25) is 0 Å². The Hall–Kier alpha value is -3.15. The SMILES string of the molecule is CCCc1ccc(C(=O)OCCC(C)NC(=O)OC(=O)c2ccccc2)cc1. The number of carbonyl (C=O) groups is 3. The molecule has 0 bridgehead atoms. The zero-order valence-corrected chi connectivity index (χ0v) is 16.1. The average molecular weight is 383 g/mol. The van der Waals surface area contributed by atoms with E-state index >= 15 is 0 Å². The number of alkyl carbamates (subject to hydrolysis) is 1. The minimum Gasteiger partial charge on any atom is -0.462 e. The lowest BCUT2D eigenvalue weighted by Crippen LogP contribution is -2.35. The van der Waals surface area contributed by atoms with Crippen LogP contribution in [0.1, 0.15) is 53.0 Å². The molecule has 2 aromatic carbocycles. The molecule has 1 N–H and O–H groups in total. The third kappa shape index (κ3) is 6.87. The number of esters is 2. The van der Waals surface area contributed by atoms with E-state index in [1.165, 1.54) is 5.56 Å². The zero-order valence-electron chi connectivity index (χ0n) is 16.1. The van der Waals surface area contributed by atoms with Gasteiger partial charge in [0.15, 0.2) is 0 Å². The zero-order chi connectivity index (χ0) is 20.4. The maximum absolute atomic E-state index is 12.0. The van der Waals surface area contributed by atoms with Crippen LogP contribution in [-0.4, -0.2) is 30.7 Å². The van der Waals surface area contributed by atoms with Gasteiger partial charge in [-0.3, -0.25) is 0 Å². The number of benzene rings is 2. The highest BCUT2D eigenvalue weighted by molar-refractivity contribution is 5.96. The second-order valence-corrected chi connectivity index (χ2v) is 6.46. The molecule has 0 saturated carbocycles. The fourth-order valence-corrected chi connectivity index (χ4v) is 2.53. The van der Waals surface area contributed by atoms with Crippen molar-refractivity contribution in [1.29, 1.82) is 0 Å². The van der Waals surface area contributed by atoms with Crippen molar-refractivity contribution in [2.24, 2.45) is 0 Å². The first-order chi connectivity index (χ1) is 13.5. The Labute approximate surface area is 164 Å². The first-order valence-electron chi connectivity index (χ1n) is 9.33. The molecule has 1 unspecified atom stereocenters. The van der Waals surface area contributed by atoms with Gasteiger partial charge in [0, 0.05) is 12.5 Å². The lowest BCUT2D eigenvalue weighted by atomic mass is 10.1. The van der Waals surface area contributed by atoms with Gasteiger partial charge in [0.2, 0.25) is 0 Å². The van der Waals surface area contributed by atoms with Crippen LogP contribution in [0.25, 0.3) is 0 Å². The van der Waals surface area contributed by atoms with E-state index in [0.717, 1.165) is 12.8 Å². The number of hydrogen-bond acceptors (Lipinski definition) is 5. The highest BCUT2D eigenvalue weighted by Crippen LogP contribution is 2.08. The van der Waals surface area contributed by atoms with E-state index in [2.05, 4.69) is 12.2 Å². The normalized spacial score (nSPS) is 11.4. The van der Waals surface area contributed by atoms with Crippen LogP contribution in [-0.2, 0) is 15.9 Å². The van der Waals surface area contributed by atoms with Gasteiger partial charge in [-0.2, -0.15) is 0 Å². The Morgan fingerprint density at radius 3 is 2.21 bits per heavy atom. The third-order valence-electron chi connectivity index (χ3n) is 4.07. The number of hydrogen-bond donors (Lipinski definition) is 1. The molecule has 0 radical (unpaired) electrons. The number of nitrogens with one attached hydrogen (secondary N) is 1. The minimum atomic E-state index is -0.834. The molecule has 0 aliphatic carbocycles. The second-order valence-electron chi connectivity index (χ2n) is 6.46. The largest absolute Gasteiger partial charge is 0.462 e.